The molecule has 6 nitrogen and oxygen atoms in total. The molecule has 1 atom stereocenters. The van der Waals surface area contributed by atoms with Crippen molar-refractivity contribution in [1.82, 2.24) is 4.72 Å². The summed E-state index contributed by atoms with van der Waals surface area (Å²) in [5.74, 6) is -0.0800. The predicted octanol–water partition coefficient (Wildman–Crippen LogP) is 3.48. The van der Waals surface area contributed by atoms with Crippen LogP contribution in [-0.2, 0) is 27.7 Å². The Labute approximate surface area is 186 Å². The van der Waals surface area contributed by atoms with Gasteiger partial charge in [-0.3, -0.25) is 4.79 Å². The molecule has 0 bridgehead atoms. The van der Waals surface area contributed by atoms with Crippen LogP contribution in [0.2, 0.25) is 0 Å². The Morgan fingerprint density at radius 2 is 1.97 bits per heavy atom. The highest BCUT2D eigenvalue weighted by Gasteiger charge is 2.32. The van der Waals surface area contributed by atoms with Crippen LogP contribution < -0.4 is 14.5 Å². The number of benzene rings is 2. The predicted molar refractivity (Wildman–Crippen MR) is 123 cm³/mol. The number of para-hydroxylation sites is 1. The second-order valence-electron chi connectivity index (χ2n) is 7.97. The van der Waals surface area contributed by atoms with E-state index in [1.807, 2.05) is 25.1 Å². The molecule has 0 saturated heterocycles. The lowest BCUT2D eigenvalue weighted by Crippen LogP contribution is -2.37. The maximum Gasteiger partial charge on any atom is 0.241 e. The van der Waals surface area contributed by atoms with Gasteiger partial charge in [0, 0.05) is 48.4 Å². The van der Waals surface area contributed by atoms with E-state index in [2.05, 4.69) is 37.7 Å². The summed E-state index contributed by atoms with van der Waals surface area (Å²) in [6, 6.07) is 11.8. The number of carbonyl (C=O) groups excluding carboxylic acids is 1. The largest absolute Gasteiger partial charge is 0.370 e. The number of fused-ring (bicyclic) bond motifs is 2. The van der Waals surface area contributed by atoms with Gasteiger partial charge < -0.3 is 9.80 Å². The van der Waals surface area contributed by atoms with Gasteiger partial charge >= 0.3 is 0 Å². The zero-order valence-corrected chi connectivity index (χ0v) is 19.6. The first-order valence-electron chi connectivity index (χ1n) is 10.2. The highest BCUT2D eigenvalue weighted by Crippen LogP contribution is 2.38. The molecule has 2 aromatic carbocycles. The van der Waals surface area contributed by atoms with E-state index in [9.17, 15) is 13.2 Å². The Balaban J connectivity index is 1.51. The lowest BCUT2D eigenvalue weighted by Gasteiger charge is -2.31. The number of nitrogens with zero attached hydrogens (tertiary/aromatic N) is 2. The summed E-state index contributed by atoms with van der Waals surface area (Å²) in [5.41, 5.74) is 4.16. The number of halogens is 1. The molecule has 1 amide bonds. The van der Waals surface area contributed by atoms with Gasteiger partial charge in [0.1, 0.15) is 0 Å². The van der Waals surface area contributed by atoms with Gasteiger partial charge in [0.05, 0.1) is 4.90 Å². The number of amides is 1. The number of hydrogen-bond donors (Lipinski definition) is 1. The number of anilines is 2. The van der Waals surface area contributed by atoms with Gasteiger partial charge in [0.15, 0.2) is 0 Å². The van der Waals surface area contributed by atoms with Crippen molar-refractivity contribution in [1.29, 1.82) is 0 Å². The number of carbonyl (C=O) groups is 1. The van der Waals surface area contributed by atoms with Gasteiger partial charge in [-0.1, -0.05) is 18.2 Å². The minimum atomic E-state index is -3.72. The fraction of sp³-hybridized carbons (Fsp3) is 0.409. The third kappa shape index (κ3) is 4.00. The van der Waals surface area contributed by atoms with E-state index in [0.29, 0.717) is 23.2 Å². The van der Waals surface area contributed by atoms with E-state index < -0.39 is 10.0 Å². The van der Waals surface area contributed by atoms with Crippen molar-refractivity contribution >= 4 is 43.2 Å². The van der Waals surface area contributed by atoms with Crippen molar-refractivity contribution in [3.05, 3.63) is 52.0 Å². The highest BCUT2D eigenvalue weighted by atomic mass is 79.9. The zero-order valence-electron chi connectivity index (χ0n) is 17.2. The van der Waals surface area contributed by atoms with Gasteiger partial charge in [-0.2, -0.15) is 0 Å². The van der Waals surface area contributed by atoms with Crippen LogP contribution >= 0.6 is 15.9 Å². The van der Waals surface area contributed by atoms with Crippen LogP contribution in [0.5, 0.6) is 0 Å². The SMILES string of the molecule is CC(=O)N1c2cc(S(=O)(=O)NCCN3CCCc4ccccc43)c(Br)cc2C[C@H]1C. The van der Waals surface area contributed by atoms with Gasteiger partial charge in [-0.15, -0.1) is 0 Å². The second-order valence-corrected chi connectivity index (χ2v) is 10.6. The second kappa shape index (κ2) is 8.32. The van der Waals surface area contributed by atoms with Gasteiger partial charge in [-0.25, -0.2) is 13.1 Å². The summed E-state index contributed by atoms with van der Waals surface area (Å²) in [4.78, 5) is 16.1. The number of rotatable bonds is 5. The summed E-state index contributed by atoms with van der Waals surface area (Å²) in [6.07, 6.45) is 2.85. The summed E-state index contributed by atoms with van der Waals surface area (Å²) < 4.78 is 29.3. The van der Waals surface area contributed by atoms with Crippen molar-refractivity contribution in [3.8, 4) is 0 Å². The number of aryl methyl sites for hydroxylation is 1. The summed E-state index contributed by atoms with van der Waals surface area (Å²) in [7, 11) is -3.72. The van der Waals surface area contributed by atoms with Crippen molar-refractivity contribution in [2.75, 3.05) is 29.4 Å². The molecule has 2 aliphatic heterocycles. The minimum absolute atomic E-state index is 0.0227. The van der Waals surface area contributed by atoms with Crippen LogP contribution in [0.4, 0.5) is 11.4 Å². The average molecular weight is 492 g/mol. The average Bonchev–Trinajstić information content (AvgIpc) is 3.02. The van der Waals surface area contributed by atoms with Crippen molar-refractivity contribution in [2.24, 2.45) is 0 Å². The fourth-order valence-corrected chi connectivity index (χ4v) is 6.67. The van der Waals surface area contributed by atoms with E-state index in [4.69, 9.17) is 0 Å². The standard InChI is InChI=1S/C22H26BrN3O3S/c1-15-12-18-13-19(23)22(14-21(18)26(15)16(2)27)30(28,29)24-9-11-25-10-5-7-17-6-3-4-8-20(17)25/h3-4,6,8,13-15,24H,5,7,9-12H2,1-2H3/t15-/m1/s1. The van der Waals surface area contributed by atoms with Crippen LogP contribution in [0.15, 0.2) is 45.8 Å². The van der Waals surface area contributed by atoms with Crippen LogP contribution in [-0.4, -0.2) is 40.0 Å². The number of nitrogens with one attached hydrogen (secondary N) is 1. The molecular formula is C22H26BrN3O3S. The molecule has 0 spiro atoms. The fourth-order valence-electron chi connectivity index (χ4n) is 4.54. The number of sulfonamides is 1. The highest BCUT2D eigenvalue weighted by molar-refractivity contribution is 9.10. The monoisotopic (exact) mass is 491 g/mol. The quantitative estimate of drug-likeness (QED) is 0.694. The summed E-state index contributed by atoms with van der Waals surface area (Å²) in [6.45, 7) is 5.32. The van der Waals surface area contributed by atoms with Crippen LogP contribution in [0.25, 0.3) is 0 Å². The third-order valence-corrected chi connectivity index (χ3v) is 8.28. The van der Waals surface area contributed by atoms with E-state index in [1.165, 1.54) is 18.2 Å². The molecule has 2 heterocycles. The van der Waals surface area contributed by atoms with E-state index >= 15 is 0 Å². The molecule has 160 valence electrons. The smallest absolute Gasteiger partial charge is 0.241 e. The van der Waals surface area contributed by atoms with E-state index in [-0.39, 0.29) is 16.8 Å². The maximum absolute atomic E-state index is 13.0. The molecule has 2 aliphatic rings. The molecule has 0 saturated carbocycles. The molecule has 8 heteroatoms. The Morgan fingerprint density at radius 3 is 2.73 bits per heavy atom. The molecule has 0 fully saturated rings. The Morgan fingerprint density at radius 1 is 1.20 bits per heavy atom. The Hall–Kier alpha value is -1.90. The van der Waals surface area contributed by atoms with E-state index in [0.717, 1.165) is 31.4 Å². The molecular weight excluding hydrogens is 466 g/mol. The first-order chi connectivity index (χ1) is 14.3. The lowest BCUT2D eigenvalue weighted by molar-refractivity contribution is -0.116. The molecule has 0 radical (unpaired) electrons. The van der Waals surface area contributed by atoms with Crippen LogP contribution in [0.3, 0.4) is 0 Å². The molecule has 4 rings (SSSR count). The molecule has 30 heavy (non-hydrogen) atoms. The Kier molecular flexibility index (Phi) is 5.92. The summed E-state index contributed by atoms with van der Waals surface area (Å²) in [5, 5.41) is 0. The first kappa shape index (κ1) is 21.3. The van der Waals surface area contributed by atoms with E-state index in [1.54, 1.807) is 11.0 Å². The van der Waals surface area contributed by atoms with Gasteiger partial charge in [-0.05, 0) is 71.4 Å². The third-order valence-electron chi connectivity index (χ3n) is 5.86. The first-order valence-corrected chi connectivity index (χ1v) is 12.5. The molecule has 2 aromatic rings. The summed E-state index contributed by atoms with van der Waals surface area (Å²) >= 11 is 3.42. The maximum atomic E-state index is 13.0. The lowest BCUT2D eigenvalue weighted by atomic mass is 10.0. The minimum Gasteiger partial charge on any atom is -0.370 e. The normalized spacial score (nSPS) is 18.3. The molecule has 0 unspecified atom stereocenters. The molecule has 1 N–H and O–H groups in total. The Bertz CT molecular complexity index is 1090. The molecule has 0 aromatic heterocycles. The van der Waals surface area contributed by atoms with Crippen molar-refractivity contribution in [2.45, 2.75) is 44.0 Å². The zero-order chi connectivity index (χ0) is 21.5. The van der Waals surface area contributed by atoms with Gasteiger partial charge in [0.25, 0.3) is 0 Å². The van der Waals surface area contributed by atoms with Crippen LogP contribution in [0, 0.1) is 0 Å². The molecule has 0 aliphatic carbocycles. The topological polar surface area (TPSA) is 69.7 Å². The van der Waals surface area contributed by atoms with Gasteiger partial charge in [0.2, 0.25) is 15.9 Å². The van der Waals surface area contributed by atoms with Crippen LogP contribution in [0.1, 0.15) is 31.4 Å². The number of hydrogen-bond acceptors (Lipinski definition) is 4. The van der Waals surface area contributed by atoms with Crippen molar-refractivity contribution < 1.29 is 13.2 Å². The van der Waals surface area contributed by atoms with Crippen molar-refractivity contribution in [3.63, 3.8) is 0 Å².